The molecule has 0 saturated carbocycles. The van der Waals surface area contributed by atoms with Gasteiger partial charge in [-0.05, 0) is 55.8 Å². The third-order valence-corrected chi connectivity index (χ3v) is 7.37. The standard InChI is InChI=1S/C31H27N7O8/c1-16-13-22-23(15-37(29(22)41)21-9-7-18(8-10-21)25-17(2)46-36(3)30(25)42)26(32-16)28(40)33-20-6-4-5-19(14-20)27(39)34-24-11-12-38(35-24)31(43,44)45/h4-14,43-45H,15H2,1-3H3,(H,33,40)(H,34,35,39). The van der Waals surface area contributed by atoms with Gasteiger partial charge in [0.05, 0.1) is 12.1 Å². The van der Waals surface area contributed by atoms with Gasteiger partial charge in [0.25, 0.3) is 23.3 Å². The van der Waals surface area contributed by atoms with Gasteiger partial charge in [0.1, 0.15) is 11.5 Å². The quantitative estimate of drug-likeness (QED) is 0.167. The van der Waals surface area contributed by atoms with E-state index >= 15 is 0 Å². The number of amides is 3. The minimum atomic E-state index is -3.23. The number of aliphatic hydroxyl groups is 3. The van der Waals surface area contributed by atoms with Crippen LogP contribution in [0.2, 0.25) is 0 Å². The van der Waals surface area contributed by atoms with Crippen LogP contribution in [0, 0.1) is 13.8 Å². The van der Waals surface area contributed by atoms with Crippen LogP contribution in [-0.2, 0) is 19.7 Å². The maximum absolute atomic E-state index is 13.5. The van der Waals surface area contributed by atoms with Crippen molar-refractivity contribution in [2.24, 2.45) is 7.05 Å². The Labute approximate surface area is 259 Å². The molecule has 6 rings (SSSR count). The fourth-order valence-corrected chi connectivity index (χ4v) is 5.23. The highest BCUT2D eigenvalue weighted by Gasteiger charge is 2.34. The number of hydrogen-bond acceptors (Lipinski definition) is 10. The highest BCUT2D eigenvalue weighted by molar-refractivity contribution is 6.14. The lowest BCUT2D eigenvalue weighted by atomic mass is 10.1. The van der Waals surface area contributed by atoms with Gasteiger partial charge in [-0.3, -0.25) is 19.2 Å². The first-order chi connectivity index (χ1) is 21.8. The Bertz CT molecular complexity index is 2090. The summed E-state index contributed by atoms with van der Waals surface area (Å²) in [5, 5.41) is 36.5. The van der Waals surface area contributed by atoms with E-state index in [1.54, 1.807) is 56.3 Å². The molecule has 0 spiro atoms. The number of rotatable bonds is 7. The number of hydrogen-bond donors (Lipinski definition) is 5. The van der Waals surface area contributed by atoms with Crippen molar-refractivity contribution in [1.29, 1.82) is 0 Å². The molecule has 4 heterocycles. The third kappa shape index (κ3) is 5.56. The summed E-state index contributed by atoms with van der Waals surface area (Å²) in [4.78, 5) is 58.2. The summed E-state index contributed by atoms with van der Waals surface area (Å²) in [6.07, 6.45) is -2.18. The SMILES string of the molecule is Cc1cc2c(c(C(=O)Nc3cccc(C(=O)Nc4ccn(C(O)(O)O)n4)c3)n1)CN(c1ccc(-c3c(C)on(C)c3=O)cc1)C2=O. The van der Waals surface area contributed by atoms with Crippen molar-refractivity contribution < 1.29 is 34.2 Å². The van der Waals surface area contributed by atoms with Crippen molar-refractivity contribution in [2.75, 3.05) is 15.5 Å². The Kier molecular flexibility index (Phi) is 7.36. The molecule has 0 radical (unpaired) electrons. The van der Waals surface area contributed by atoms with Crippen LogP contribution in [0.25, 0.3) is 11.1 Å². The Morgan fingerprint density at radius 2 is 1.70 bits per heavy atom. The summed E-state index contributed by atoms with van der Waals surface area (Å²) >= 11 is 0. The number of fused-ring (bicyclic) bond motifs is 1. The van der Waals surface area contributed by atoms with Crippen LogP contribution in [0.15, 0.2) is 76.2 Å². The van der Waals surface area contributed by atoms with Crippen molar-refractivity contribution in [3.8, 4) is 11.1 Å². The molecule has 0 aliphatic carbocycles. The molecule has 234 valence electrons. The van der Waals surface area contributed by atoms with Gasteiger partial charge < -0.3 is 35.4 Å². The first-order valence-corrected chi connectivity index (χ1v) is 13.9. The zero-order valence-corrected chi connectivity index (χ0v) is 24.7. The first-order valence-electron chi connectivity index (χ1n) is 13.9. The molecule has 3 amide bonds. The second-order valence-electron chi connectivity index (χ2n) is 10.6. The predicted molar refractivity (Wildman–Crippen MR) is 163 cm³/mol. The number of anilines is 3. The number of aromatic nitrogens is 4. The molecule has 2 aromatic carbocycles. The second kappa shape index (κ2) is 11.2. The molecule has 1 aliphatic rings. The smallest absolute Gasteiger partial charge is 0.381 e. The van der Waals surface area contributed by atoms with Crippen LogP contribution < -0.4 is 21.1 Å². The maximum Gasteiger partial charge on any atom is 0.389 e. The number of benzene rings is 2. The zero-order chi connectivity index (χ0) is 32.9. The van der Waals surface area contributed by atoms with Gasteiger partial charge in [-0.25, -0.2) is 4.98 Å². The summed E-state index contributed by atoms with van der Waals surface area (Å²) < 4.78 is 6.96. The summed E-state index contributed by atoms with van der Waals surface area (Å²) in [6, 6.07) is 15.8. The molecule has 15 heteroatoms. The Morgan fingerprint density at radius 1 is 0.957 bits per heavy atom. The van der Waals surface area contributed by atoms with Gasteiger partial charge in [-0.15, -0.1) is 5.10 Å². The minimum absolute atomic E-state index is 0.0564. The van der Waals surface area contributed by atoms with E-state index in [4.69, 9.17) is 4.52 Å². The first kappa shape index (κ1) is 30.1. The molecule has 0 atom stereocenters. The van der Waals surface area contributed by atoms with Crippen molar-refractivity contribution in [3.63, 3.8) is 0 Å². The maximum atomic E-state index is 13.5. The average Bonchev–Trinajstić information content (AvgIpc) is 3.68. The lowest BCUT2D eigenvalue weighted by molar-refractivity contribution is -0.380. The predicted octanol–water partition coefficient (Wildman–Crippen LogP) is 2.06. The van der Waals surface area contributed by atoms with E-state index < -0.39 is 17.9 Å². The number of carbonyl (C=O) groups is 3. The van der Waals surface area contributed by atoms with Crippen LogP contribution in [0.1, 0.15) is 48.2 Å². The van der Waals surface area contributed by atoms with Gasteiger partial charge >= 0.3 is 6.10 Å². The summed E-state index contributed by atoms with van der Waals surface area (Å²) in [7, 11) is 1.53. The van der Waals surface area contributed by atoms with Crippen molar-refractivity contribution >= 4 is 34.9 Å². The Morgan fingerprint density at radius 3 is 2.35 bits per heavy atom. The van der Waals surface area contributed by atoms with Crippen molar-refractivity contribution in [1.82, 2.24) is 19.5 Å². The van der Waals surface area contributed by atoms with Gasteiger partial charge in [0.15, 0.2) is 5.82 Å². The minimum Gasteiger partial charge on any atom is -0.381 e. The lowest BCUT2D eigenvalue weighted by Gasteiger charge is -2.16. The molecule has 0 fully saturated rings. The van der Waals surface area contributed by atoms with E-state index in [0.29, 0.717) is 44.1 Å². The summed E-state index contributed by atoms with van der Waals surface area (Å²) in [5.41, 5.74) is 3.09. The monoisotopic (exact) mass is 625 g/mol. The zero-order valence-electron chi connectivity index (χ0n) is 24.7. The van der Waals surface area contributed by atoms with E-state index in [2.05, 4.69) is 20.7 Å². The van der Waals surface area contributed by atoms with Crippen LogP contribution in [0.3, 0.4) is 0 Å². The molecule has 5 aromatic rings. The number of carbonyl (C=O) groups excluding carboxylic acids is 3. The van der Waals surface area contributed by atoms with Crippen LogP contribution in [0.4, 0.5) is 17.2 Å². The molecule has 0 bridgehead atoms. The molecule has 0 saturated heterocycles. The largest absolute Gasteiger partial charge is 0.389 e. The molecule has 5 N–H and O–H groups in total. The van der Waals surface area contributed by atoms with E-state index in [1.807, 2.05) is 0 Å². The second-order valence-corrected chi connectivity index (χ2v) is 10.6. The highest BCUT2D eigenvalue weighted by Crippen LogP contribution is 2.32. The van der Waals surface area contributed by atoms with Gasteiger partial charge in [-0.2, -0.15) is 9.42 Å². The number of nitrogens with one attached hydrogen (secondary N) is 2. The fourth-order valence-electron chi connectivity index (χ4n) is 5.23. The topological polar surface area (TPSA) is 205 Å². The lowest BCUT2D eigenvalue weighted by Crippen LogP contribution is -2.32. The molecule has 0 unspecified atom stereocenters. The van der Waals surface area contributed by atoms with Crippen molar-refractivity contribution in [3.05, 3.63) is 111 Å². The fraction of sp³-hybridized carbons (Fsp3) is 0.161. The highest BCUT2D eigenvalue weighted by atomic mass is 16.7. The van der Waals surface area contributed by atoms with Gasteiger partial charge in [0, 0.05) is 53.1 Å². The molecule has 15 nitrogen and oxygen atoms in total. The Hall–Kier alpha value is -5.90. The molecule has 3 aromatic heterocycles. The number of nitrogens with zero attached hydrogens (tertiary/aromatic N) is 5. The van der Waals surface area contributed by atoms with Crippen LogP contribution in [-0.4, -0.2) is 52.5 Å². The normalized spacial score (nSPS) is 12.7. The number of aryl methyl sites for hydroxylation is 3. The van der Waals surface area contributed by atoms with Gasteiger partial charge in [0.2, 0.25) is 0 Å². The van der Waals surface area contributed by atoms with Crippen LogP contribution in [0.5, 0.6) is 0 Å². The van der Waals surface area contributed by atoms with Gasteiger partial charge in [-0.1, -0.05) is 18.2 Å². The summed E-state index contributed by atoms with van der Waals surface area (Å²) in [5.74, 6) is -1.10. The molecular formula is C31H27N7O8. The molecule has 1 aliphatic heterocycles. The van der Waals surface area contributed by atoms with Crippen molar-refractivity contribution in [2.45, 2.75) is 26.5 Å². The Balaban J connectivity index is 1.20. The van der Waals surface area contributed by atoms with E-state index in [1.165, 1.54) is 30.1 Å². The van der Waals surface area contributed by atoms with E-state index in [-0.39, 0.29) is 40.8 Å². The van der Waals surface area contributed by atoms with Crippen LogP contribution >= 0.6 is 0 Å². The number of pyridine rings is 1. The third-order valence-electron chi connectivity index (χ3n) is 7.37. The van der Waals surface area contributed by atoms with E-state index in [0.717, 1.165) is 10.9 Å². The van der Waals surface area contributed by atoms with E-state index in [9.17, 15) is 34.5 Å². The summed E-state index contributed by atoms with van der Waals surface area (Å²) in [6.45, 7) is 3.46. The molecular weight excluding hydrogens is 598 g/mol. The average molecular weight is 626 g/mol. The molecule has 46 heavy (non-hydrogen) atoms.